The summed E-state index contributed by atoms with van der Waals surface area (Å²) in [6, 6.07) is 9.32. The van der Waals surface area contributed by atoms with Crippen LogP contribution in [0.4, 0.5) is 15.8 Å². The highest BCUT2D eigenvalue weighted by Crippen LogP contribution is 2.30. The summed E-state index contributed by atoms with van der Waals surface area (Å²) in [5.74, 6) is -0.858. The molecule has 2 rings (SSSR count). The summed E-state index contributed by atoms with van der Waals surface area (Å²) >= 11 is 2.97. The van der Waals surface area contributed by atoms with E-state index in [4.69, 9.17) is 5.73 Å². The van der Waals surface area contributed by atoms with E-state index in [-0.39, 0.29) is 10.2 Å². The Bertz CT molecular complexity index is 776. The molecular formula is C14H14BrFN2O2S. The zero-order chi connectivity index (χ0) is 15.8. The first-order valence-electron chi connectivity index (χ1n) is 6.03. The Labute approximate surface area is 131 Å². The van der Waals surface area contributed by atoms with Crippen molar-refractivity contribution in [2.24, 2.45) is 0 Å². The first-order chi connectivity index (χ1) is 9.73. The average molecular weight is 373 g/mol. The maximum atomic E-state index is 14.1. The minimum Gasteiger partial charge on any atom is -0.399 e. The molecule has 0 bridgehead atoms. The lowest BCUT2D eigenvalue weighted by Crippen LogP contribution is -2.27. The summed E-state index contributed by atoms with van der Waals surface area (Å²) in [7, 11) is -2.66. The summed E-state index contributed by atoms with van der Waals surface area (Å²) in [5.41, 5.74) is 7.22. The summed E-state index contributed by atoms with van der Waals surface area (Å²) in [6.07, 6.45) is 0. The van der Waals surface area contributed by atoms with Gasteiger partial charge in [0.1, 0.15) is 4.90 Å². The fourth-order valence-electron chi connectivity index (χ4n) is 1.81. The van der Waals surface area contributed by atoms with Crippen LogP contribution in [0.1, 0.15) is 5.56 Å². The van der Waals surface area contributed by atoms with Crippen molar-refractivity contribution in [2.75, 3.05) is 17.1 Å². The first kappa shape index (κ1) is 15.8. The average Bonchev–Trinajstić information content (AvgIpc) is 2.42. The van der Waals surface area contributed by atoms with E-state index >= 15 is 0 Å². The zero-order valence-electron chi connectivity index (χ0n) is 11.5. The number of rotatable bonds is 3. The van der Waals surface area contributed by atoms with Gasteiger partial charge in [-0.2, -0.15) is 0 Å². The van der Waals surface area contributed by atoms with E-state index in [1.165, 1.54) is 13.1 Å². The maximum Gasteiger partial charge on any atom is 0.267 e. The van der Waals surface area contributed by atoms with Crippen molar-refractivity contribution in [3.63, 3.8) is 0 Å². The number of aryl methyl sites for hydroxylation is 1. The smallest absolute Gasteiger partial charge is 0.267 e. The molecule has 0 heterocycles. The predicted molar refractivity (Wildman–Crippen MR) is 85.3 cm³/mol. The van der Waals surface area contributed by atoms with Crippen molar-refractivity contribution in [2.45, 2.75) is 11.8 Å². The summed E-state index contributed by atoms with van der Waals surface area (Å²) in [5, 5.41) is 0. The van der Waals surface area contributed by atoms with Crippen molar-refractivity contribution in [1.29, 1.82) is 0 Å². The first-order valence-corrected chi connectivity index (χ1v) is 8.27. The van der Waals surface area contributed by atoms with Gasteiger partial charge in [0.05, 0.1) is 10.2 Å². The predicted octanol–water partition coefficient (Wildman–Crippen LogP) is 3.30. The molecular weight excluding hydrogens is 359 g/mol. The van der Waals surface area contributed by atoms with Crippen molar-refractivity contribution in [3.8, 4) is 0 Å². The second-order valence-electron chi connectivity index (χ2n) is 4.62. The second-order valence-corrected chi connectivity index (χ2v) is 7.41. The molecule has 0 spiro atoms. The van der Waals surface area contributed by atoms with Gasteiger partial charge in [-0.3, -0.25) is 4.31 Å². The molecule has 0 saturated carbocycles. The van der Waals surface area contributed by atoms with Gasteiger partial charge in [-0.1, -0.05) is 17.7 Å². The van der Waals surface area contributed by atoms with E-state index in [0.717, 1.165) is 15.9 Å². The molecule has 21 heavy (non-hydrogen) atoms. The monoisotopic (exact) mass is 372 g/mol. The van der Waals surface area contributed by atoms with Gasteiger partial charge in [-0.05, 0) is 47.1 Å². The molecule has 4 nitrogen and oxygen atoms in total. The van der Waals surface area contributed by atoms with E-state index in [2.05, 4.69) is 15.9 Å². The van der Waals surface area contributed by atoms with Crippen LogP contribution >= 0.6 is 15.9 Å². The highest BCUT2D eigenvalue weighted by molar-refractivity contribution is 9.10. The molecule has 0 radical (unpaired) electrons. The van der Waals surface area contributed by atoms with E-state index < -0.39 is 20.7 Å². The molecule has 0 atom stereocenters. The van der Waals surface area contributed by atoms with Crippen molar-refractivity contribution < 1.29 is 12.8 Å². The molecule has 2 N–H and O–H groups in total. The minimum atomic E-state index is -4.03. The lowest BCUT2D eigenvalue weighted by atomic mass is 10.2. The molecule has 7 heteroatoms. The van der Waals surface area contributed by atoms with Crippen LogP contribution in [-0.2, 0) is 10.0 Å². The second kappa shape index (κ2) is 5.65. The Hall–Kier alpha value is -1.60. The molecule has 0 unspecified atom stereocenters. The lowest BCUT2D eigenvalue weighted by molar-refractivity contribution is 0.562. The number of halogens is 2. The van der Waals surface area contributed by atoms with Gasteiger partial charge in [-0.15, -0.1) is 0 Å². The van der Waals surface area contributed by atoms with Crippen LogP contribution in [0, 0.1) is 12.7 Å². The number of nitrogens with zero attached hydrogens (tertiary/aromatic N) is 1. The number of hydrogen-bond acceptors (Lipinski definition) is 3. The molecule has 2 aromatic rings. The Morgan fingerprint density at radius 2 is 1.76 bits per heavy atom. The number of benzene rings is 2. The summed E-state index contributed by atoms with van der Waals surface area (Å²) in [4.78, 5) is -0.461. The fourth-order valence-corrected chi connectivity index (χ4v) is 3.74. The standard InChI is InChI=1S/C14H14BrFN2O2S/c1-9-3-5-11(6-4-9)18(2)21(19,20)13-8-10(17)7-12(15)14(13)16/h3-8H,17H2,1-2H3. The summed E-state index contributed by atoms with van der Waals surface area (Å²) < 4.78 is 40.3. The molecule has 0 fully saturated rings. The van der Waals surface area contributed by atoms with Gasteiger partial charge < -0.3 is 5.73 Å². The van der Waals surface area contributed by atoms with E-state index in [9.17, 15) is 12.8 Å². The van der Waals surface area contributed by atoms with Crippen molar-refractivity contribution >= 4 is 37.3 Å². The van der Waals surface area contributed by atoms with Crippen LogP contribution < -0.4 is 10.0 Å². The third kappa shape index (κ3) is 3.03. The van der Waals surface area contributed by atoms with Gasteiger partial charge in [0.25, 0.3) is 10.0 Å². The van der Waals surface area contributed by atoms with E-state index in [1.54, 1.807) is 24.3 Å². The third-order valence-electron chi connectivity index (χ3n) is 3.05. The van der Waals surface area contributed by atoms with Crippen LogP contribution in [0.15, 0.2) is 45.8 Å². The Balaban J connectivity index is 2.54. The number of sulfonamides is 1. The number of nitrogens with two attached hydrogens (primary N) is 1. The van der Waals surface area contributed by atoms with E-state index in [1.807, 2.05) is 6.92 Å². The molecule has 0 aliphatic rings. The normalized spacial score (nSPS) is 11.4. The van der Waals surface area contributed by atoms with Gasteiger partial charge in [0.15, 0.2) is 5.82 Å². The quantitative estimate of drug-likeness (QED) is 0.840. The number of anilines is 2. The van der Waals surface area contributed by atoms with Crippen molar-refractivity contribution in [3.05, 3.63) is 52.3 Å². The molecule has 0 aliphatic heterocycles. The van der Waals surface area contributed by atoms with Gasteiger partial charge in [0.2, 0.25) is 0 Å². The molecule has 0 amide bonds. The van der Waals surface area contributed by atoms with Crippen molar-refractivity contribution in [1.82, 2.24) is 0 Å². The van der Waals surface area contributed by atoms with Gasteiger partial charge >= 0.3 is 0 Å². The Morgan fingerprint density at radius 3 is 2.33 bits per heavy atom. The largest absolute Gasteiger partial charge is 0.399 e. The Morgan fingerprint density at radius 1 is 1.19 bits per heavy atom. The van der Waals surface area contributed by atoms with Crippen LogP contribution in [0.5, 0.6) is 0 Å². The third-order valence-corrected chi connectivity index (χ3v) is 5.41. The Kier molecular flexibility index (Phi) is 4.25. The number of nitrogen functional groups attached to an aromatic ring is 1. The van der Waals surface area contributed by atoms with Crippen LogP contribution in [0.2, 0.25) is 0 Å². The molecule has 112 valence electrons. The zero-order valence-corrected chi connectivity index (χ0v) is 13.9. The highest BCUT2D eigenvalue weighted by Gasteiger charge is 2.26. The topological polar surface area (TPSA) is 63.4 Å². The minimum absolute atomic E-state index is 0.0124. The lowest BCUT2D eigenvalue weighted by Gasteiger charge is -2.20. The van der Waals surface area contributed by atoms with Gasteiger partial charge in [0, 0.05) is 12.7 Å². The molecule has 0 aromatic heterocycles. The molecule has 0 saturated heterocycles. The van der Waals surface area contributed by atoms with E-state index in [0.29, 0.717) is 5.69 Å². The maximum absolute atomic E-state index is 14.1. The van der Waals surface area contributed by atoms with Crippen LogP contribution in [-0.4, -0.2) is 15.5 Å². The SMILES string of the molecule is Cc1ccc(N(C)S(=O)(=O)c2cc(N)cc(Br)c2F)cc1. The van der Waals surface area contributed by atoms with Gasteiger partial charge in [-0.25, -0.2) is 12.8 Å². The highest BCUT2D eigenvalue weighted by atomic mass is 79.9. The van der Waals surface area contributed by atoms with Crippen LogP contribution in [0.3, 0.4) is 0 Å². The summed E-state index contributed by atoms with van der Waals surface area (Å²) in [6.45, 7) is 1.90. The number of hydrogen-bond donors (Lipinski definition) is 1. The molecule has 2 aromatic carbocycles. The van der Waals surface area contributed by atoms with Crippen LogP contribution in [0.25, 0.3) is 0 Å². The molecule has 0 aliphatic carbocycles. The fraction of sp³-hybridized carbons (Fsp3) is 0.143.